The number of aliphatic carboxylic acids is 2. The third-order valence-corrected chi connectivity index (χ3v) is 17.3. The van der Waals surface area contributed by atoms with E-state index in [4.69, 9.17) is 5.11 Å². The van der Waals surface area contributed by atoms with Gasteiger partial charge in [-0.3, -0.25) is 19.7 Å². The summed E-state index contributed by atoms with van der Waals surface area (Å²) in [5.41, 5.74) is 0. The Morgan fingerprint density at radius 1 is 0.756 bits per heavy atom. The number of hydrogen-bond acceptors (Lipinski definition) is 11. The third-order valence-electron chi connectivity index (χ3n) is 6.59. The molecule has 1 fully saturated rings. The zero-order chi connectivity index (χ0) is 30.2. The topological polar surface area (TPSA) is 136 Å². The molecule has 0 unspecified atom stereocenters. The van der Waals surface area contributed by atoms with Crippen LogP contribution >= 0.6 is 64.8 Å². The molecule has 1 atom stereocenters. The highest BCUT2D eigenvalue weighted by molar-refractivity contribution is 8.99. The van der Waals surface area contributed by atoms with Gasteiger partial charge >= 0.3 is 11.9 Å². The Morgan fingerprint density at radius 3 is 1.71 bits per heavy atom. The zero-order valence-corrected chi connectivity index (χ0v) is 29.2. The molecule has 0 bridgehead atoms. The Balaban J connectivity index is 1.91. The van der Waals surface area contributed by atoms with E-state index in [1.807, 2.05) is 6.26 Å². The van der Waals surface area contributed by atoms with Crippen molar-refractivity contribution >= 4 is 82.6 Å². The lowest BCUT2D eigenvalue weighted by Crippen LogP contribution is -2.41. The van der Waals surface area contributed by atoms with Crippen molar-refractivity contribution in [3.05, 3.63) is 0 Å². The summed E-state index contributed by atoms with van der Waals surface area (Å²) in [6, 6.07) is -0.649. The summed E-state index contributed by atoms with van der Waals surface area (Å²) in [6.07, 6.45) is 21.1. The molecule has 0 aliphatic carbocycles. The number of carbonyl (C=O) groups excluding carboxylic acids is 1. The van der Waals surface area contributed by atoms with Crippen LogP contribution in [0.2, 0.25) is 0 Å². The molecular weight excluding hydrogens is 641 g/mol. The summed E-state index contributed by atoms with van der Waals surface area (Å²) >= 11 is 0. The van der Waals surface area contributed by atoms with Gasteiger partial charge in [0.25, 0.3) is 0 Å². The van der Waals surface area contributed by atoms with Gasteiger partial charge in [-0.2, -0.15) is 0 Å². The quantitative estimate of drug-likeness (QED) is 0.0321. The summed E-state index contributed by atoms with van der Waals surface area (Å²) in [4.78, 5) is 34.2. The first kappa shape index (κ1) is 39.5. The van der Waals surface area contributed by atoms with Gasteiger partial charge in [0.2, 0.25) is 9.50 Å². The second-order valence-corrected chi connectivity index (χ2v) is 18.9. The van der Waals surface area contributed by atoms with Gasteiger partial charge in [-0.05, 0) is 70.7 Å². The minimum atomic E-state index is -0.932. The Kier molecular flexibility index (Phi) is 24.8. The number of unbranched alkanes of at least 4 members (excludes halogenated alkanes) is 14. The van der Waals surface area contributed by atoms with E-state index >= 15 is 0 Å². The van der Waals surface area contributed by atoms with Crippen LogP contribution in [0, 0.1) is 0 Å². The SMILES string of the molecule is CSSC1(O)SSC(N[C@@H](CCCCNC(=O)CCCCCCCCCCCCCCCCC(=O)O)C(=O)O)SS1. The van der Waals surface area contributed by atoms with E-state index < -0.39 is 21.6 Å². The van der Waals surface area contributed by atoms with Crippen molar-refractivity contribution < 1.29 is 29.7 Å². The maximum absolute atomic E-state index is 12.1. The minimum Gasteiger partial charge on any atom is -0.481 e. The average molecular weight is 691 g/mol. The Bertz CT molecular complexity index is 716. The third kappa shape index (κ3) is 22.6. The van der Waals surface area contributed by atoms with Crippen molar-refractivity contribution in [1.29, 1.82) is 0 Å². The number of hydrogen-bond donors (Lipinski definition) is 5. The molecule has 240 valence electrons. The van der Waals surface area contributed by atoms with Gasteiger partial charge in [-0.25, -0.2) is 0 Å². The number of carbonyl (C=O) groups is 3. The number of carboxylic acids is 2. The molecule has 14 heteroatoms. The van der Waals surface area contributed by atoms with Gasteiger partial charge in [-0.1, -0.05) is 109 Å². The van der Waals surface area contributed by atoms with Crippen LogP contribution in [0.25, 0.3) is 0 Å². The van der Waals surface area contributed by atoms with Gasteiger partial charge < -0.3 is 20.6 Å². The van der Waals surface area contributed by atoms with Gasteiger partial charge in [0.1, 0.15) is 10.7 Å². The summed E-state index contributed by atoms with van der Waals surface area (Å²) in [7, 11) is 8.49. The average Bonchev–Trinajstić information content (AvgIpc) is 2.93. The number of aliphatic hydroxyl groups is 1. The monoisotopic (exact) mass is 690 g/mol. The molecule has 1 rings (SSSR count). The molecule has 1 saturated heterocycles. The summed E-state index contributed by atoms with van der Waals surface area (Å²) < 4.78 is -1.04. The molecule has 1 aliphatic heterocycles. The van der Waals surface area contributed by atoms with Gasteiger partial charge in [0, 0.05) is 19.4 Å². The van der Waals surface area contributed by atoms with Gasteiger partial charge in [0.05, 0.1) is 0 Å². The molecule has 0 aromatic rings. The second kappa shape index (κ2) is 25.7. The van der Waals surface area contributed by atoms with Crippen LogP contribution in [0.1, 0.15) is 122 Å². The maximum atomic E-state index is 12.1. The first-order valence-electron chi connectivity index (χ1n) is 14.9. The summed E-state index contributed by atoms with van der Waals surface area (Å²) in [6.45, 7) is 0.577. The van der Waals surface area contributed by atoms with E-state index in [1.165, 1.54) is 123 Å². The van der Waals surface area contributed by atoms with Crippen LogP contribution in [0.3, 0.4) is 0 Å². The fourth-order valence-electron chi connectivity index (χ4n) is 4.34. The highest BCUT2D eigenvalue weighted by atomic mass is 33.2. The molecule has 0 spiro atoms. The first-order chi connectivity index (χ1) is 19.8. The highest BCUT2D eigenvalue weighted by Crippen LogP contribution is 2.64. The lowest BCUT2D eigenvalue weighted by Gasteiger charge is -2.32. The Labute approximate surface area is 270 Å². The number of nitrogens with one attached hydrogen (secondary N) is 2. The smallest absolute Gasteiger partial charge is 0.320 e. The Morgan fingerprint density at radius 2 is 1.24 bits per heavy atom. The molecule has 1 heterocycles. The fourth-order valence-corrected chi connectivity index (χ4v) is 15.6. The largest absolute Gasteiger partial charge is 0.481 e. The first-order valence-corrected chi connectivity index (χ1v) is 21.8. The van der Waals surface area contributed by atoms with Crippen molar-refractivity contribution in [2.24, 2.45) is 0 Å². The van der Waals surface area contributed by atoms with E-state index in [-0.39, 0.29) is 10.6 Å². The summed E-state index contributed by atoms with van der Waals surface area (Å²) in [5, 5.41) is 34.7. The highest BCUT2D eigenvalue weighted by Gasteiger charge is 2.38. The van der Waals surface area contributed by atoms with Crippen molar-refractivity contribution in [3.8, 4) is 0 Å². The van der Waals surface area contributed by atoms with Crippen LogP contribution in [-0.2, 0) is 14.4 Å². The van der Waals surface area contributed by atoms with Crippen molar-refractivity contribution in [2.45, 2.75) is 136 Å². The lowest BCUT2D eigenvalue weighted by atomic mass is 10.0. The fraction of sp³-hybridized carbons (Fsp3) is 0.889. The van der Waals surface area contributed by atoms with Crippen LogP contribution < -0.4 is 10.6 Å². The predicted molar refractivity (Wildman–Crippen MR) is 183 cm³/mol. The van der Waals surface area contributed by atoms with Crippen molar-refractivity contribution in [1.82, 2.24) is 10.6 Å². The van der Waals surface area contributed by atoms with E-state index in [9.17, 15) is 24.6 Å². The molecule has 41 heavy (non-hydrogen) atoms. The maximum Gasteiger partial charge on any atom is 0.320 e. The molecular formula is C27H50N2O6S6. The minimum absolute atomic E-state index is 0.0828. The standard InChI is InChI=1S/C27H50N2O6S6/c1-36-39-27(35)40-37-26(38-41-27)29-22(25(33)34)18-16-17-21-28-23(30)19-14-12-10-8-6-4-2-3-5-7-9-11-13-15-20-24(31)32/h22,26,29,35H,2-21H2,1H3,(H,28,30)(H,31,32)(H,33,34)/t22-,26?,27?/m0/s1. The number of carboxylic acid groups (broad SMARTS) is 2. The number of rotatable bonds is 27. The molecule has 0 saturated carbocycles. The summed E-state index contributed by atoms with van der Waals surface area (Å²) in [5.74, 6) is -1.48. The van der Waals surface area contributed by atoms with Crippen LogP contribution in [0.15, 0.2) is 0 Å². The lowest BCUT2D eigenvalue weighted by molar-refractivity contribution is -0.140. The Hall–Kier alpha value is 0.430. The van der Waals surface area contributed by atoms with Crippen molar-refractivity contribution in [3.63, 3.8) is 0 Å². The molecule has 5 N–H and O–H groups in total. The number of amides is 1. The molecule has 0 aromatic carbocycles. The van der Waals surface area contributed by atoms with E-state index in [2.05, 4.69) is 10.6 Å². The van der Waals surface area contributed by atoms with Crippen LogP contribution in [0.5, 0.6) is 0 Å². The van der Waals surface area contributed by atoms with Gasteiger partial charge in [0.15, 0.2) is 0 Å². The molecule has 8 nitrogen and oxygen atoms in total. The second-order valence-electron chi connectivity index (χ2n) is 10.2. The predicted octanol–water partition coefficient (Wildman–Crippen LogP) is 8.32. The molecule has 1 amide bonds. The van der Waals surface area contributed by atoms with Crippen LogP contribution in [0.4, 0.5) is 0 Å². The van der Waals surface area contributed by atoms with Crippen LogP contribution in [-0.4, -0.2) is 60.3 Å². The normalized spacial score (nSPS) is 19.6. The van der Waals surface area contributed by atoms with E-state index in [0.29, 0.717) is 32.2 Å². The molecule has 0 aromatic heterocycles. The van der Waals surface area contributed by atoms with E-state index in [1.54, 1.807) is 0 Å². The van der Waals surface area contributed by atoms with Gasteiger partial charge in [-0.15, -0.1) is 0 Å². The zero-order valence-electron chi connectivity index (χ0n) is 24.3. The van der Waals surface area contributed by atoms with E-state index in [0.717, 1.165) is 38.5 Å². The van der Waals surface area contributed by atoms with Crippen molar-refractivity contribution in [2.75, 3.05) is 12.8 Å². The molecule has 1 aliphatic rings. The molecule has 0 radical (unpaired) electrons.